The molecule has 3 nitrogen and oxygen atoms in total. The monoisotopic (exact) mass is 347 g/mol. The van der Waals surface area contributed by atoms with Crippen LogP contribution in [0.3, 0.4) is 0 Å². The molecule has 0 aromatic heterocycles. The maximum Gasteiger partial charge on any atom is 0.328 e. The molecule has 1 aromatic carbocycles. The molecule has 1 rings (SSSR count). The Bertz CT molecular complexity index is 483. The van der Waals surface area contributed by atoms with E-state index in [-0.39, 0.29) is 5.97 Å². The van der Waals surface area contributed by atoms with Crippen molar-refractivity contribution in [2.75, 3.05) is 5.32 Å². The molecule has 0 aliphatic rings. The van der Waals surface area contributed by atoms with Crippen LogP contribution in [0.2, 0.25) is 5.02 Å². The number of carbonyl (C=O) groups excluding carboxylic acids is 1. The molecule has 0 aliphatic heterocycles. The highest BCUT2D eigenvalue weighted by Crippen LogP contribution is 2.29. The molecule has 5 heteroatoms. The van der Waals surface area contributed by atoms with Gasteiger partial charge < -0.3 is 10.1 Å². The molecule has 0 radical (unpaired) electrons. The second-order valence-electron chi connectivity index (χ2n) is 5.48. The van der Waals surface area contributed by atoms with E-state index in [2.05, 4.69) is 21.2 Å². The van der Waals surface area contributed by atoms with Gasteiger partial charge >= 0.3 is 5.97 Å². The van der Waals surface area contributed by atoms with E-state index < -0.39 is 11.6 Å². The van der Waals surface area contributed by atoms with Gasteiger partial charge in [-0.1, -0.05) is 11.6 Å². The smallest absolute Gasteiger partial charge is 0.328 e. The Labute approximate surface area is 127 Å². The predicted molar refractivity (Wildman–Crippen MR) is 82.8 cm³/mol. The molecule has 0 heterocycles. The summed E-state index contributed by atoms with van der Waals surface area (Å²) in [6.07, 6.45) is 0. The second-order valence-corrected chi connectivity index (χ2v) is 6.74. The minimum Gasteiger partial charge on any atom is -0.458 e. The molecule has 0 fully saturated rings. The van der Waals surface area contributed by atoms with Gasteiger partial charge in [-0.2, -0.15) is 0 Å². The first-order chi connectivity index (χ1) is 8.60. The number of hydrogen-bond acceptors (Lipinski definition) is 3. The Morgan fingerprint density at radius 3 is 2.53 bits per heavy atom. The summed E-state index contributed by atoms with van der Waals surface area (Å²) in [5.74, 6) is -0.295. The van der Waals surface area contributed by atoms with Crippen LogP contribution in [0.4, 0.5) is 5.69 Å². The SMILES string of the molecule is Cc1cc(Br)c(NC(C)C(=O)OC(C)(C)C)cc1Cl. The van der Waals surface area contributed by atoms with Gasteiger partial charge in [0, 0.05) is 9.50 Å². The second kappa shape index (κ2) is 6.14. The van der Waals surface area contributed by atoms with Gasteiger partial charge in [0.05, 0.1) is 5.69 Å². The van der Waals surface area contributed by atoms with Crippen molar-refractivity contribution in [3.8, 4) is 0 Å². The van der Waals surface area contributed by atoms with Gasteiger partial charge in [-0.15, -0.1) is 0 Å². The molecule has 0 saturated heterocycles. The molecule has 0 amide bonds. The fourth-order valence-electron chi connectivity index (χ4n) is 1.44. The first-order valence-electron chi connectivity index (χ1n) is 6.05. The van der Waals surface area contributed by atoms with E-state index in [9.17, 15) is 4.79 Å². The van der Waals surface area contributed by atoms with Gasteiger partial charge in [-0.3, -0.25) is 0 Å². The largest absolute Gasteiger partial charge is 0.458 e. The van der Waals surface area contributed by atoms with Gasteiger partial charge in [-0.25, -0.2) is 4.79 Å². The Balaban J connectivity index is 2.80. The molecular weight excluding hydrogens is 330 g/mol. The molecule has 1 unspecified atom stereocenters. The Hall–Kier alpha value is -0.740. The van der Waals surface area contributed by atoms with E-state index in [0.717, 1.165) is 15.7 Å². The average Bonchev–Trinajstić information content (AvgIpc) is 2.23. The molecule has 1 N–H and O–H groups in total. The van der Waals surface area contributed by atoms with Crippen molar-refractivity contribution in [1.82, 2.24) is 0 Å². The maximum atomic E-state index is 11.9. The highest BCUT2D eigenvalue weighted by atomic mass is 79.9. The zero-order valence-electron chi connectivity index (χ0n) is 11.8. The van der Waals surface area contributed by atoms with Crippen LogP contribution in [-0.2, 0) is 9.53 Å². The lowest BCUT2D eigenvalue weighted by Crippen LogP contribution is -2.34. The summed E-state index contributed by atoms with van der Waals surface area (Å²) in [6.45, 7) is 9.21. The molecule has 1 aromatic rings. The number of carbonyl (C=O) groups is 1. The maximum absolute atomic E-state index is 11.9. The first kappa shape index (κ1) is 16.3. The summed E-state index contributed by atoms with van der Waals surface area (Å²) in [6, 6.07) is 3.25. The predicted octanol–water partition coefficient (Wildman–Crippen LogP) is 4.55. The number of nitrogens with one attached hydrogen (secondary N) is 1. The van der Waals surface area contributed by atoms with Crippen LogP contribution < -0.4 is 5.32 Å². The lowest BCUT2D eigenvalue weighted by atomic mass is 10.2. The van der Waals surface area contributed by atoms with Crippen molar-refractivity contribution in [2.24, 2.45) is 0 Å². The van der Waals surface area contributed by atoms with Crippen LogP contribution in [0, 0.1) is 6.92 Å². The standard InChI is InChI=1S/C14H19BrClNO2/c1-8-6-10(15)12(7-11(8)16)17-9(2)13(18)19-14(3,4)5/h6-7,9,17H,1-5H3. The topological polar surface area (TPSA) is 38.3 Å². The molecule has 19 heavy (non-hydrogen) atoms. The lowest BCUT2D eigenvalue weighted by Gasteiger charge is -2.23. The van der Waals surface area contributed by atoms with Crippen molar-refractivity contribution in [3.05, 3.63) is 27.2 Å². The minimum atomic E-state index is -0.491. The summed E-state index contributed by atoms with van der Waals surface area (Å²) in [5, 5.41) is 3.75. The van der Waals surface area contributed by atoms with E-state index >= 15 is 0 Å². The van der Waals surface area contributed by atoms with E-state index in [1.54, 1.807) is 13.0 Å². The summed E-state index contributed by atoms with van der Waals surface area (Å²) in [4.78, 5) is 11.9. The number of hydrogen-bond donors (Lipinski definition) is 1. The minimum absolute atomic E-state index is 0.295. The molecule has 106 valence electrons. The summed E-state index contributed by atoms with van der Waals surface area (Å²) >= 11 is 9.53. The zero-order valence-corrected chi connectivity index (χ0v) is 14.1. The van der Waals surface area contributed by atoms with Crippen molar-refractivity contribution < 1.29 is 9.53 Å². The molecule has 0 aliphatic carbocycles. The van der Waals surface area contributed by atoms with Crippen LogP contribution in [-0.4, -0.2) is 17.6 Å². The van der Waals surface area contributed by atoms with E-state index in [1.807, 2.05) is 33.8 Å². The van der Waals surface area contributed by atoms with Gasteiger partial charge in [0.2, 0.25) is 0 Å². The van der Waals surface area contributed by atoms with Gasteiger partial charge in [0.25, 0.3) is 0 Å². The van der Waals surface area contributed by atoms with Gasteiger partial charge in [0.1, 0.15) is 11.6 Å². The number of anilines is 1. The van der Waals surface area contributed by atoms with Crippen molar-refractivity contribution in [3.63, 3.8) is 0 Å². The Kier molecular flexibility index (Phi) is 5.27. The fourth-order valence-corrected chi connectivity index (χ4v) is 2.18. The summed E-state index contributed by atoms with van der Waals surface area (Å²) < 4.78 is 6.18. The fraction of sp³-hybridized carbons (Fsp3) is 0.500. The summed E-state index contributed by atoms with van der Waals surface area (Å²) in [7, 11) is 0. The first-order valence-corrected chi connectivity index (χ1v) is 7.22. The van der Waals surface area contributed by atoms with Crippen molar-refractivity contribution in [1.29, 1.82) is 0 Å². The average molecular weight is 349 g/mol. The third kappa shape index (κ3) is 5.03. The Morgan fingerprint density at radius 2 is 2.00 bits per heavy atom. The lowest BCUT2D eigenvalue weighted by molar-refractivity contribution is -0.155. The highest BCUT2D eigenvalue weighted by molar-refractivity contribution is 9.10. The molecule has 0 bridgehead atoms. The van der Waals surface area contributed by atoms with Crippen LogP contribution in [0.1, 0.15) is 33.3 Å². The number of esters is 1. The third-order valence-electron chi connectivity index (χ3n) is 2.38. The van der Waals surface area contributed by atoms with Crippen LogP contribution >= 0.6 is 27.5 Å². The highest BCUT2D eigenvalue weighted by Gasteiger charge is 2.22. The van der Waals surface area contributed by atoms with Crippen LogP contribution in [0.5, 0.6) is 0 Å². The number of aryl methyl sites for hydroxylation is 1. The van der Waals surface area contributed by atoms with Gasteiger partial charge in [0.15, 0.2) is 0 Å². The summed E-state index contributed by atoms with van der Waals surface area (Å²) in [5.41, 5.74) is 1.26. The van der Waals surface area contributed by atoms with Crippen molar-refractivity contribution in [2.45, 2.75) is 46.3 Å². The zero-order chi connectivity index (χ0) is 14.8. The molecule has 0 spiro atoms. The third-order valence-corrected chi connectivity index (χ3v) is 3.44. The van der Waals surface area contributed by atoms with Crippen molar-refractivity contribution >= 4 is 39.2 Å². The molecule has 1 atom stereocenters. The van der Waals surface area contributed by atoms with E-state index in [1.165, 1.54) is 0 Å². The van der Waals surface area contributed by atoms with E-state index in [4.69, 9.17) is 16.3 Å². The quantitative estimate of drug-likeness (QED) is 0.814. The van der Waals surface area contributed by atoms with Gasteiger partial charge in [-0.05, 0) is 68.2 Å². The van der Waals surface area contributed by atoms with E-state index in [0.29, 0.717) is 5.02 Å². The number of ether oxygens (including phenoxy) is 1. The van der Waals surface area contributed by atoms with Crippen LogP contribution in [0.25, 0.3) is 0 Å². The number of benzene rings is 1. The molecule has 0 saturated carbocycles. The normalized spacial score (nSPS) is 13.0. The van der Waals surface area contributed by atoms with Crippen LogP contribution in [0.15, 0.2) is 16.6 Å². The molecular formula is C14H19BrClNO2. The number of rotatable bonds is 3. The number of halogens is 2. The Morgan fingerprint density at radius 1 is 1.42 bits per heavy atom.